The molecule has 0 unspecified atom stereocenters. The maximum Gasteiger partial charge on any atom is 0.469 e. The molecule has 0 spiro atoms. The van der Waals surface area contributed by atoms with Gasteiger partial charge in [0.2, 0.25) is 0 Å². The van der Waals surface area contributed by atoms with Crippen molar-refractivity contribution in [3.8, 4) is 5.75 Å². The predicted octanol–water partition coefficient (Wildman–Crippen LogP) is 3.66. The van der Waals surface area contributed by atoms with Crippen LogP contribution < -0.4 is 4.74 Å². The van der Waals surface area contributed by atoms with E-state index in [1.165, 1.54) is 12.1 Å². The van der Waals surface area contributed by atoms with E-state index in [0.29, 0.717) is 0 Å². The van der Waals surface area contributed by atoms with Crippen LogP contribution in [0.4, 0.5) is 17.6 Å². The van der Waals surface area contributed by atoms with Crippen LogP contribution in [0.25, 0.3) is 0 Å². The molecule has 15 heavy (non-hydrogen) atoms. The molecule has 0 aliphatic carbocycles. The van der Waals surface area contributed by atoms with Crippen molar-refractivity contribution in [1.82, 2.24) is 0 Å². The first-order valence-corrected chi connectivity index (χ1v) is 5.15. The Morgan fingerprint density at radius 1 is 1.20 bits per heavy atom. The number of para-hydroxylation sites is 1. The minimum Gasteiger partial charge on any atom is -0.427 e. The molecule has 1 aromatic carbocycles. The van der Waals surface area contributed by atoms with Crippen LogP contribution in [0.3, 0.4) is 0 Å². The summed E-state index contributed by atoms with van der Waals surface area (Å²) in [7, 11) is 0. The Morgan fingerprint density at radius 2 is 1.87 bits per heavy atom. The van der Waals surface area contributed by atoms with E-state index in [1.54, 1.807) is 0 Å². The molecule has 1 aliphatic rings. The van der Waals surface area contributed by atoms with Gasteiger partial charge in [-0.25, -0.2) is 0 Å². The zero-order valence-electron chi connectivity index (χ0n) is 7.24. The van der Waals surface area contributed by atoms with Gasteiger partial charge in [0.1, 0.15) is 5.75 Å². The quantitative estimate of drug-likeness (QED) is 0.565. The Balaban J connectivity index is 2.62. The van der Waals surface area contributed by atoms with Crippen LogP contribution in [0.2, 0.25) is 0 Å². The number of hydrogen-bond donors (Lipinski definition) is 0. The highest BCUT2D eigenvalue weighted by Crippen LogP contribution is 2.54. The number of alkyl halides is 5. The number of fused-ring (bicyclic) bond motifs is 1. The molecule has 0 saturated heterocycles. The van der Waals surface area contributed by atoms with Gasteiger partial charge >= 0.3 is 12.0 Å². The Bertz CT molecular complexity index is 405. The lowest BCUT2D eigenvalue weighted by Gasteiger charge is -2.15. The minimum atomic E-state index is -4.46. The average molecular weight is 285 g/mol. The van der Waals surface area contributed by atoms with E-state index < -0.39 is 23.3 Å². The van der Waals surface area contributed by atoms with Gasteiger partial charge in [-0.3, -0.25) is 0 Å². The summed E-state index contributed by atoms with van der Waals surface area (Å²) in [6.07, 6.45) is -4.46. The summed E-state index contributed by atoms with van der Waals surface area (Å²) in [4.78, 5) is 0. The van der Waals surface area contributed by atoms with E-state index in [0.717, 1.165) is 6.07 Å². The Hall–Kier alpha value is -0.780. The highest BCUT2D eigenvalue weighted by Gasteiger charge is 2.66. The molecule has 0 N–H and O–H groups in total. The van der Waals surface area contributed by atoms with E-state index >= 15 is 0 Å². The van der Waals surface area contributed by atoms with Crippen molar-refractivity contribution in [2.24, 2.45) is 0 Å². The SMILES string of the molecule is FC1(F)Oc2c(CBr)cccc2C1(F)F. The molecule has 0 amide bonds. The van der Waals surface area contributed by atoms with Crippen molar-refractivity contribution in [2.75, 3.05) is 0 Å². The number of rotatable bonds is 1. The van der Waals surface area contributed by atoms with E-state index in [1.807, 2.05) is 0 Å². The van der Waals surface area contributed by atoms with E-state index in [9.17, 15) is 17.6 Å². The third-order valence-corrected chi connectivity index (χ3v) is 2.78. The van der Waals surface area contributed by atoms with Crippen LogP contribution in [-0.4, -0.2) is 6.11 Å². The number of hydrogen-bond acceptors (Lipinski definition) is 1. The van der Waals surface area contributed by atoms with E-state index in [2.05, 4.69) is 20.7 Å². The molecule has 0 radical (unpaired) electrons. The summed E-state index contributed by atoms with van der Waals surface area (Å²) in [6, 6.07) is 3.70. The monoisotopic (exact) mass is 284 g/mol. The molecule has 0 fully saturated rings. The smallest absolute Gasteiger partial charge is 0.427 e. The van der Waals surface area contributed by atoms with Crippen LogP contribution in [-0.2, 0) is 11.3 Å². The van der Waals surface area contributed by atoms with Gasteiger partial charge in [0.05, 0.1) is 5.56 Å². The maximum atomic E-state index is 13.1. The highest BCUT2D eigenvalue weighted by molar-refractivity contribution is 9.08. The van der Waals surface area contributed by atoms with Gasteiger partial charge in [0.15, 0.2) is 0 Å². The Morgan fingerprint density at radius 3 is 2.47 bits per heavy atom. The second-order valence-electron chi connectivity index (χ2n) is 3.12. The van der Waals surface area contributed by atoms with Gasteiger partial charge in [-0.05, 0) is 6.07 Å². The number of ether oxygens (including phenoxy) is 1. The summed E-state index contributed by atoms with van der Waals surface area (Å²) in [6.45, 7) is 0. The number of benzene rings is 1. The van der Waals surface area contributed by atoms with Gasteiger partial charge in [-0.2, -0.15) is 17.6 Å². The Kier molecular flexibility index (Phi) is 2.22. The van der Waals surface area contributed by atoms with Crippen molar-refractivity contribution in [3.63, 3.8) is 0 Å². The fourth-order valence-corrected chi connectivity index (χ4v) is 1.85. The molecule has 2 rings (SSSR count). The second-order valence-corrected chi connectivity index (χ2v) is 3.68. The molecule has 0 atom stereocenters. The van der Waals surface area contributed by atoms with Crippen LogP contribution in [0.15, 0.2) is 18.2 Å². The Labute approximate surface area is 91.2 Å². The second kappa shape index (κ2) is 3.10. The van der Waals surface area contributed by atoms with Crippen molar-refractivity contribution < 1.29 is 22.3 Å². The zero-order valence-corrected chi connectivity index (χ0v) is 8.82. The van der Waals surface area contributed by atoms with Crippen molar-refractivity contribution in [1.29, 1.82) is 0 Å². The summed E-state index contributed by atoms with van der Waals surface area (Å²) in [5, 5.41) is 0.183. The zero-order chi connectivity index (χ0) is 11.3. The van der Waals surface area contributed by atoms with Crippen molar-refractivity contribution in [2.45, 2.75) is 17.4 Å². The van der Waals surface area contributed by atoms with Crippen molar-refractivity contribution >= 4 is 15.9 Å². The van der Waals surface area contributed by atoms with Gasteiger partial charge in [-0.1, -0.05) is 28.1 Å². The van der Waals surface area contributed by atoms with Gasteiger partial charge in [0.25, 0.3) is 0 Å². The average Bonchev–Trinajstić information content (AvgIpc) is 2.34. The highest BCUT2D eigenvalue weighted by atomic mass is 79.9. The summed E-state index contributed by atoms with van der Waals surface area (Å²) in [5.74, 6) is -4.69. The van der Waals surface area contributed by atoms with Crippen LogP contribution in [0.5, 0.6) is 5.75 Å². The minimum absolute atomic E-state index is 0.183. The molecule has 82 valence electrons. The molecule has 1 aliphatic heterocycles. The lowest BCUT2D eigenvalue weighted by atomic mass is 10.1. The third-order valence-electron chi connectivity index (χ3n) is 2.17. The largest absolute Gasteiger partial charge is 0.469 e. The molecular weight excluding hydrogens is 280 g/mol. The van der Waals surface area contributed by atoms with Crippen LogP contribution in [0, 0.1) is 0 Å². The standard InChI is InChI=1S/C9H5BrF4O/c10-4-5-2-1-3-6-7(5)15-9(13,14)8(6,11)12/h1-3H,4H2. The fourth-order valence-electron chi connectivity index (χ4n) is 1.41. The molecular formula is C9H5BrF4O. The molecule has 1 heterocycles. The van der Waals surface area contributed by atoms with Crippen molar-refractivity contribution in [3.05, 3.63) is 29.3 Å². The molecule has 1 aromatic rings. The molecule has 1 nitrogen and oxygen atoms in total. The first-order chi connectivity index (χ1) is 6.90. The molecule has 0 aromatic heterocycles. The van der Waals surface area contributed by atoms with Gasteiger partial charge < -0.3 is 4.74 Å². The first-order valence-electron chi connectivity index (χ1n) is 4.03. The lowest BCUT2D eigenvalue weighted by molar-refractivity contribution is -0.296. The van der Waals surface area contributed by atoms with E-state index in [4.69, 9.17) is 0 Å². The molecule has 0 saturated carbocycles. The lowest BCUT2D eigenvalue weighted by Crippen LogP contribution is -2.36. The maximum absolute atomic E-state index is 13.1. The van der Waals surface area contributed by atoms with Gasteiger partial charge in [0, 0.05) is 10.9 Å². The predicted molar refractivity (Wildman–Crippen MR) is 48.5 cm³/mol. The topological polar surface area (TPSA) is 9.23 Å². The molecule has 0 bridgehead atoms. The fraction of sp³-hybridized carbons (Fsp3) is 0.333. The third kappa shape index (κ3) is 1.34. The summed E-state index contributed by atoms with van der Waals surface area (Å²) < 4.78 is 56.0. The molecule has 6 heteroatoms. The van der Waals surface area contributed by atoms with Crippen LogP contribution in [0.1, 0.15) is 11.1 Å². The summed E-state index contributed by atoms with van der Waals surface area (Å²) in [5.41, 5.74) is -0.478. The first kappa shape index (κ1) is 10.7. The summed E-state index contributed by atoms with van der Waals surface area (Å²) >= 11 is 3.02. The van der Waals surface area contributed by atoms with Crippen LogP contribution >= 0.6 is 15.9 Å². The normalized spacial score (nSPS) is 20.9. The van der Waals surface area contributed by atoms with Gasteiger partial charge in [-0.15, -0.1) is 0 Å². The van der Waals surface area contributed by atoms with E-state index in [-0.39, 0.29) is 10.9 Å². The number of halogens is 5.